The second kappa shape index (κ2) is 5.37. The van der Waals surface area contributed by atoms with Crippen LogP contribution in [-0.4, -0.2) is 24.0 Å². The number of amides is 2. The van der Waals surface area contributed by atoms with Crippen LogP contribution >= 0.6 is 23.2 Å². The fraction of sp³-hybridized carbons (Fsp3) is 0.462. The van der Waals surface area contributed by atoms with Crippen LogP contribution < -0.4 is 5.32 Å². The summed E-state index contributed by atoms with van der Waals surface area (Å²) in [5.74, 6) is 0.570. The minimum Gasteiger partial charge on any atom is -0.324 e. The zero-order valence-corrected chi connectivity index (χ0v) is 12.0. The summed E-state index contributed by atoms with van der Waals surface area (Å²) in [5.41, 5.74) is 1.46. The Kier molecular flexibility index (Phi) is 4.03. The molecular weight excluding hydrogens is 271 g/mol. The highest BCUT2D eigenvalue weighted by Crippen LogP contribution is 2.28. The fourth-order valence-electron chi connectivity index (χ4n) is 2.04. The van der Waals surface area contributed by atoms with Crippen LogP contribution in [0.5, 0.6) is 0 Å². The van der Waals surface area contributed by atoms with Gasteiger partial charge in [-0.25, -0.2) is 4.79 Å². The van der Waals surface area contributed by atoms with Crippen LogP contribution in [0, 0.1) is 12.8 Å². The lowest BCUT2D eigenvalue weighted by Gasteiger charge is -2.17. The van der Waals surface area contributed by atoms with Crippen LogP contribution in [0.2, 0.25) is 10.0 Å². The van der Waals surface area contributed by atoms with Crippen molar-refractivity contribution in [1.82, 2.24) is 4.90 Å². The summed E-state index contributed by atoms with van der Waals surface area (Å²) in [4.78, 5) is 13.8. The maximum atomic E-state index is 12.0. The number of likely N-dealkylation sites (tertiary alicyclic amines) is 1. The van der Waals surface area contributed by atoms with Gasteiger partial charge < -0.3 is 10.2 Å². The maximum Gasteiger partial charge on any atom is 0.321 e. The Morgan fingerprint density at radius 1 is 1.39 bits per heavy atom. The molecule has 2 rings (SSSR count). The Morgan fingerprint density at radius 2 is 2.00 bits per heavy atom. The summed E-state index contributed by atoms with van der Waals surface area (Å²) in [6.45, 7) is 5.60. The first-order valence-electron chi connectivity index (χ1n) is 5.99. The Labute approximate surface area is 117 Å². The molecular formula is C13H16Cl2N2O. The molecule has 0 radical (unpaired) electrons. The lowest BCUT2D eigenvalue weighted by molar-refractivity contribution is 0.221. The predicted octanol–water partition coefficient (Wildman–Crippen LogP) is 4.18. The number of benzene rings is 1. The van der Waals surface area contributed by atoms with Gasteiger partial charge in [0.25, 0.3) is 0 Å². The largest absolute Gasteiger partial charge is 0.324 e. The van der Waals surface area contributed by atoms with Crippen molar-refractivity contribution in [1.29, 1.82) is 0 Å². The second-order valence-electron chi connectivity index (χ2n) is 4.83. The molecule has 1 saturated heterocycles. The number of halogens is 2. The van der Waals surface area contributed by atoms with Gasteiger partial charge in [0.2, 0.25) is 0 Å². The molecule has 1 aromatic carbocycles. The van der Waals surface area contributed by atoms with Gasteiger partial charge in [0.15, 0.2) is 0 Å². The number of nitrogens with one attached hydrogen (secondary N) is 1. The van der Waals surface area contributed by atoms with Crippen LogP contribution in [0.3, 0.4) is 0 Å². The van der Waals surface area contributed by atoms with Gasteiger partial charge >= 0.3 is 6.03 Å². The summed E-state index contributed by atoms with van der Waals surface area (Å²) in [6, 6.07) is 3.36. The quantitative estimate of drug-likeness (QED) is 0.825. The molecule has 1 fully saturated rings. The van der Waals surface area contributed by atoms with Crippen molar-refractivity contribution in [3.8, 4) is 0 Å². The van der Waals surface area contributed by atoms with Crippen LogP contribution in [0.1, 0.15) is 18.9 Å². The number of hydrogen-bond donors (Lipinski definition) is 1. The van der Waals surface area contributed by atoms with Crippen molar-refractivity contribution in [3.05, 3.63) is 27.7 Å². The van der Waals surface area contributed by atoms with E-state index in [0.717, 1.165) is 25.1 Å². The Hall–Kier alpha value is -0.930. The lowest BCUT2D eigenvalue weighted by atomic mass is 10.2. The minimum absolute atomic E-state index is 0.0877. The molecule has 1 unspecified atom stereocenters. The van der Waals surface area contributed by atoms with E-state index in [4.69, 9.17) is 23.2 Å². The van der Waals surface area contributed by atoms with Crippen molar-refractivity contribution < 1.29 is 4.79 Å². The molecule has 18 heavy (non-hydrogen) atoms. The number of nitrogens with zero attached hydrogens (tertiary/aromatic N) is 1. The normalized spacial score (nSPS) is 19.1. The first kappa shape index (κ1) is 13.5. The van der Waals surface area contributed by atoms with Gasteiger partial charge in [-0.05, 0) is 37.0 Å². The third-order valence-corrected chi connectivity index (χ3v) is 4.03. The summed E-state index contributed by atoms with van der Waals surface area (Å²) in [6.07, 6.45) is 1.06. The summed E-state index contributed by atoms with van der Waals surface area (Å²) < 4.78 is 0. The van der Waals surface area contributed by atoms with Gasteiger partial charge in [0.1, 0.15) is 0 Å². The molecule has 0 saturated carbocycles. The molecule has 0 bridgehead atoms. The molecule has 2 amide bonds. The molecule has 1 aromatic rings. The SMILES string of the molecule is Cc1c(Cl)cc(NC(=O)N2CCC(C)C2)cc1Cl. The molecule has 1 heterocycles. The van der Waals surface area contributed by atoms with Crippen LogP contribution in [-0.2, 0) is 0 Å². The van der Waals surface area contributed by atoms with E-state index in [1.54, 1.807) is 12.1 Å². The molecule has 1 N–H and O–H groups in total. The van der Waals surface area contributed by atoms with Crippen LogP contribution in [0.15, 0.2) is 12.1 Å². The number of urea groups is 1. The van der Waals surface area contributed by atoms with E-state index in [2.05, 4.69) is 12.2 Å². The van der Waals surface area contributed by atoms with E-state index >= 15 is 0 Å². The third-order valence-electron chi connectivity index (χ3n) is 3.24. The number of hydrogen-bond acceptors (Lipinski definition) is 1. The first-order valence-corrected chi connectivity index (χ1v) is 6.74. The van der Waals surface area contributed by atoms with Crippen molar-refractivity contribution in [2.24, 2.45) is 5.92 Å². The second-order valence-corrected chi connectivity index (χ2v) is 5.65. The Morgan fingerprint density at radius 3 is 2.50 bits per heavy atom. The zero-order chi connectivity index (χ0) is 13.3. The Bertz CT molecular complexity index is 453. The van der Waals surface area contributed by atoms with Gasteiger partial charge in [-0.15, -0.1) is 0 Å². The minimum atomic E-state index is -0.0877. The van der Waals surface area contributed by atoms with Crippen LogP contribution in [0.4, 0.5) is 10.5 Å². The molecule has 0 spiro atoms. The highest BCUT2D eigenvalue weighted by atomic mass is 35.5. The molecule has 0 aromatic heterocycles. The lowest BCUT2D eigenvalue weighted by Crippen LogP contribution is -2.32. The average Bonchev–Trinajstić information content (AvgIpc) is 2.72. The summed E-state index contributed by atoms with van der Waals surface area (Å²) in [7, 11) is 0. The van der Waals surface area contributed by atoms with E-state index in [-0.39, 0.29) is 6.03 Å². The predicted molar refractivity (Wildman–Crippen MR) is 75.6 cm³/mol. The maximum absolute atomic E-state index is 12.0. The summed E-state index contributed by atoms with van der Waals surface area (Å²) >= 11 is 12.1. The molecule has 1 atom stereocenters. The van der Waals surface area contributed by atoms with Crippen molar-refractivity contribution in [2.75, 3.05) is 18.4 Å². The molecule has 98 valence electrons. The third kappa shape index (κ3) is 2.90. The molecule has 3 nitrogen and oxygen atoms in total. The topological polar surface area (TPSA) is 32.3 Å². The molecule has 5 heteroatoms. The van der Waals surface area contributed by atoms with Gasteiger partial charge in [0, 0.05) is 28.8 Å². The van der Waals surface area contributed by atoms with Crippen molar-refractivity contribution >= 4 is 34.9 Å². The van der Waals surface area contributed by atoms with E-state index in [1.165, 1.54) is 0 Å². The summed E-state index contributed by atoms with van der Waals surface area (Å²) in [5, 5.41) is 3.96. The Balaban J connectivity index is 2.07. The number of carbonyl (C=O) groups is 1. The van der Waals surface area contributed by atoms with E-state index < -0.39 is 0 Å². The van der Waals surface area contributed by atoms with E-state index in [1.807, 2.05) is 11.8 Å². The highest BCUT2D eigenvalue weighted by molar-refractivity contribution is 6.36. The van der Waals surface area contributed by atoms with Gasteiger partial charge in [-0.1, -0.05) is 30.1 Å². The average molecular weight is 287 g/mol. The van der Waals surface area contributed by atoms with E-state index in [0.29, 0.717) is 21.7 Å². The number of rotatable bonds is 1. The smallest absolute Gasteiger partial charge is 0.321 e. The van der Waals surface area contributed by atoms with Gasteiger partial charge in [0.05, 0.1) is 0 Å². The standard InChI is InChI=1S/C13H16Cl2N2O/c1-8-3-4-17(7-8)13(18)16-10-5-11(14)9(2)12(15)6-10/h5-6,8H,3-4,7H2,1-2H3,(H,16,18). The number of anilines is 1. The molecule has 1 aliphatic rings. The van der Waals surface area contributed by atoms with Crippen molar-refractivity contribution in [2.45, 2.75) is 20.3 Å². The first-order chi connectivity index (χ1) is 8.47. The monoisotopic (exact) mass is 286 g/mol. The van der Waals surface area contributed by atoms with Crippen molar-refractivity contribution in [3.63, 3.8) is 0 Å². The van der Waals surface area contributed by atoms with Gasteiger partial charge in [-0.3, -0.25) is 0 Å². The highest BCUT2D eigenvalue weighted by Gasteiger charge is 2.23. The number of carbonyl (C=O) groups excluding carboxylic acids is 1. The fourth-order valence-corrected chi connectivity index (χ4v) is 2.53. The molecule has 0 aliphatic carbocycles. The zero-order valence-electron chi connectivity index (χ0n) is 10.5. The van der Waals surface area contributed by atoms with Crippen LogP contribution in [0.25, 0.3) is 0 Å². The molecule has 1 aliphatic heterocycles. The van der Waals surface area contributed by atoms with Gasteiger partial charge in [-0.2, -0.15) is 0 Å². The van der Waals surface area contributed by atoms with E-state index in [9.17, 15) is 4.79 Å².